The zero-order valence-electron chi connectivity index (χ0n) is 13.3. The van der Waals surface area contributed by atoms with E-state index in [0.717, 1.165) is 11.3 Å². The quantitative estimate of drug-likeness (QED) is 0.880. The second-order valence-corrected chi connectivity index (χ2v) is 5.64. The van der Waals surface area contributed by atoms with Crippen molar-refractivity contribution in [1.82, 2.24) is 0 Å². The Morgan fingerprint density at radius 3 is 2.48 bits per heavy atom. The number of hydrogen-bond acceptors (Lipinski definition) is 3. The largest absolute Gasteiger partial charge is 0.481 e. The third-order valence-electron chi connectivity index (χ3n) is 3.95. The zero-order valence-corrected chi connectivity index (χ0v) is 13.3. The van der Waals surface area contributed by atoms with E-state index in [2.05, 4.69) is 6.07 Å². The molecule has 118 valence electrons. The average molecular weight is 308 g/mol. The molecule has 0 saturated carbocycles. The van der Waals surface area contributed by atoms with Crippen LogP contribution in [0.15, 0.2) is 54.6 Å². The van der Waals surface area contributed by atoms with Gasteiger partial charge in [0.1, 0.15) is 0 Å². The van der Waals surface area contributed by atoms with Gasteiger partial charge in [-0.25, -0.2) is 0 Å². The summed E-state index contributed by atoms with van der Waals surface area (Å²) in [6.45, 7) is 4.12. The number of hydrogen-bond donors (Lipinski definition) is 1. The number of nitrogens with zero attached hydrogens (tertiary/aromatic N) is 2. The normalized spacial score (nSPS) is 12.9. The van der Waals surface area contributed by atoms with E-state index in [0.29, 0.717) is 12.1 Å². The van der Waals surface area contributed by atoms with Crippen molar-refractivity contribution in [3.8, 4) is 6.07 Å². The fourth-order valence-electron chi connectivity index (χ4n) is 2.53. The van der Waals surface area contributed by atoms with Crippen LogP contribution in [0.4, 0.5) is 5.69 Å². The molecule has 0 radical (unpaired) electrons. The van der Waals surface area contributed by atoms with Gasteiger partial charge in [-0.3, -0.25) is 4.79 Å². The predicted molar refractivity (Wildman–Crippen MR) is 90.2 cm³/mol. The highest BCUT2D eigenvalue weighted by Crippen LogP contribution is 2.28. The molecule has 2 aromatic rings. The van der Waals surface area contributed by atoms with E-state index in [1.165, 1.54) is 0 Å². The molecule has 0 aliphatic heterocycles. The van der Waals surface area contributed by atoms with E-state index >= 15 is 0 Å². The second kappa shape index (κ2) is 7.46. The lowest BCUT2D eigenvalue weighted by Crippen LogP contribution is -2.34. The SMILES string of the molecule is CC(CN(c1cccc(C#N)c1)C(C)c1ccccc1)C(=O)O. The van der Waals surface area contributed by atoms with Gasteiger partial charge in [-0.1, -0.05) is 43.3 Å². The highest BCUT2D eigenvalue weighted by atomic mass is 16.4. The molecule has 1 N–H and O–H groups in total. The Morgan fingerprint density at radius 1 is 1.17 bits per heavy atom. The molecule has 23 heavy (non-hydrogen) atoms. The van der Waals surface area contributed by atoms with Gasteiger partial charge in [-0.2, -0.15) is 5.26 Å². The highest BCUT2D eigenvalue weighted by Gasteiger charge is 2.22. The Morgan fingerprint density at radius 2 is 1.87 bits per heavy atom. The Balaban J connectivity index is 2.38. The standard InChI is InChI=1S/C19H20N2O2/c1-14(19(22)23)13-21(15(2)17-8-4-3-5-9-17)18-10-6-7-16(11-18)12-20/h3-11,14-15H,13H2,1-2H3,(H,22,23). The van der Waals surface area contributed by atoms with Crippen molar-refractivity contribution in [1.29, 1.82) is 5.26 Å². The highest BCUT2D eigenvalue weighted by molar-refractivity contribution is 5.70. The van der Waals surface area contributed by atoms with Crippen molar-refractivity contribution in [3.05, 3.63) is 65.7 Å². The van der Waals surface area contributed by atoms with E-state index < -0.39 is 11.9 Å². The lowest BCUT2D eigenvalue weighted by atomic mass is 10.0. The molecule has 2 rings (SSSR count). The monoisotopic (exact) mass is 308 g/mol. The Bertz CT molecular complexity index is 707. The predicted octanol–water partition coefficient (Wildman–Crippen LogP) is 3.85. The number of nitriles is 1. The second-order valence-electron chi connectivity index (χ2n) is 5.64. The maximum Gasteiger partial charge on any atom is 0.308 e. The summed E-state index contributed by atoms with van der Waals surface area (Å²) in [5.74, 6) is -1.33. The molecule has 0 spiro atoms. The first kappa shape index (κ1) is 16.6. The summed E-state index contributed by atoms with van der Waals surface area (Å²) < 4.78 is 0. The van der Waals surface area contributed by atoms with E-state index in [4.69, 9.17) is 5.26 Å². The van der Waals surface area contributed by atoms with Gasteiger partial charge in [0.2, 0.25) is 0 Å². The van der Waals surface area contributed by atoms with Crippen molar-refractivity contribution in [2.75, 3.05) is 11.4 Å². The van der Waals surface area contributed by atoms with Crippen LogP contribution in [0.5, 0.6) is 0 Å². The summed E-state index contributed by atoms with van der Waals surface area (Å²) >= 11 is 0. The van der Waals surface area contributed by atoms with E-state index in [-0.39, 0.29) is 6.04 Å². The Hall–Kier alpha value is -2.80. The van der Waals surface area contributed by atoms with E-state index in [9.17, 15) is 9.90 Å². The van der Waals surface area contributed by atoms with Crippen molar-refractivity contribution in [2.24, 2.45) is 5.92 Å². The molecule has 4 nitrogen and oxygen atoms in total. The number of rotatable bonds is 6. The number of carbonyl (C=O) groups is 1. The summed E-state index contributed by atoms with van der Waals surface area (Å²) in [6, 6.07) is 19.4. The van der Waals surface area contributed by atoms with Gasteiger partial charge >= 0.3 is 5.97 Å². The van der Waals surface area contributed by atoms with Crippen LogP contribution in [-0.2, 0) is 4.79 Å². The van der Waals surface area contributed by atoms with Crippen molar-refractivity contribution in [3.63, 3.8) is 0 Å². The molecule has 4 heteroatoms. The van der Waals surface area contributed by atoms with Gasteiger partial charge in [-0.15, -0.1) is 0 Å². The number of anilines is 1. The van der Waals surface area contributed by atoms with Crippen molar-refractivity contribution >= 4 is 11.7 Å². The van der Waals surface area contributed by atoms with Crippen LogP contribution < -0.4 is 4.90 Å². The van der Waals surface area contributed by atoms with Crippen LogP contribution in [0.3, 0.4) is 0 Å². The smallest absolute Gasteiger partial charge is 0.308 e. The molecule has 0 bridgehead atoms. The van der Waals surface area contributed by atoms with Gasteiger partial charge in [-0.05, 0) is 30.7 Å². The molecule has 0 heterocycles. The minimum Gasteiger partial charge on any atom is -0.481 e. The van der Waals surface area contributed by atoms with Crippen molar-refractivity contribution < 1.29 is 9.90 Å². The molecule has 2 atom stereocenters. The number of carboxylic acid groups (broad SMARTS) is 1. The van der Waals surface area contributed by atoms with Crippen LogP contribution in [-0.4, -0.2) is 17.6 Å². The van der Waals surface area contributed by atoms with Gasteiger partial charge in [0, 0.05) is 12.2 Å². The summed E-state index contributed by atoms with van der Waals surface area (Å²) in [7, 11) is 0. The maximum absolute atomic E-state index is 11.3. The van der Waals surface area contributed by atoms with Crippen LogP contribution in [0, 0.1) is 17.2 Å². The minimum absolute atomic E-state index is 0.00643. The molecule has 2 aromatic carbocycles. The molecule has 0 amide bonds. The minimum atomic E-state index is -0.827. The van der Waals surface area contributed by atoms with Crippen molar-refractivity contribution in [2.45, 2.75) is 19.9 Å². The Labute approximate surface area is 136 Å². The molecule has 0 aromatic heterocycles. The molecular formula is C19H20N2O2. The third-order valence-corrected chi connectivity index (χ3v) is 3.95. The van der Waals surface area contributed by atoms with Gasteiger partial charge in [0.15, 0.2) is 0 Å². The van der Waals surface area contributed by atoms with Crippen LogP contribution in [0.2, 0.25) is 0 Å². The molecule has 0 aliphatic rings. The Kier molecular flexibility index (Phi) is 5.37. The first-order valence-electron chi connectivity index (χ1n) is 7.57. The first-order valence-corrected chi connectivity index (χ1v) is 7.57. The summed E-state index contributed by atoms with van der Waals surface area (Å²) in [5, 5.41) is 18.4. The average Bonchev–Trinajstić information content (AvgIpc) is 2.59. The fourth-order valence-corrected chi connectivity index (χ4v) is 2.53. The lowest BCUT2D eigenvalue weighted by Gasteiger charge is -2.33. The van der Waals surface area contributed by atoms with Crippen LogP contribution >= 0.6 is 0 Å². The number of carboxylic acids is 1. The van der Waals surface area contributed by atoms with E-state index in [1.807, 2.05) is 54.3 Å². The van der Waals surface area contributed by atoms with Crippen LogP contribution in [0.1, 0.15) is 31.0 Å². The fraction of sp³-hybridized carbons (Fsp3) is 0.263. The summed E-state index contributed by atoms with van der Waals surface area (Å²) in [5.41, 5.74) is 2.52. The number of aliphatic carboxylic acids is 1. The van der Waals surface area contributed by atoms with E-state index in [1.54, 1.807) is 19.1 Å². The summed E-state index contributed by atoms with van der Waals surface area (Å²) in [4.78, 5) is 13.3. The topological polar surface area (TPSA) is 64.3 Å². The molecular weight excluding hydrogens is 288 g/mol. The van der Waals surface area contributed by atoms with Gasteiger partial charge < -0.3 is 10.0 Å². The molecule has 2 unspecified atom stereocenters. The maximum atomic E-state index is 11.3. The zero-order chi connectivity index (χ0) is 16.8. The third kappa shape index (κ3) is 4.10. The molecule has 0 fully saturated rings. The van der Waals surface area contributed by atoms with Crippen LogP contribution in [0.25, 0.3) is 0 Å². The van der Waals surface area contributed by atoms with Gasteiger partial charge in [0.25, 0.3) is 0 Å². The number of benzene rings is 2. The lowest BCUT2D eigenvalue weighted by molar-refractivity contribution is -0.140. The molecule has 0 saturated heterocycles. The van der Waals surface area contributed by atoms with Gasteiger partial charge in [0.05, 0.1) is 23.6 Å². The molecule has 0 aliphatic carbocycles. The first-order chi connectivity index (χ1) is 11.0. The summed E-state index contributed by atoms with van der Waals surface area (Å²) in [6.07, 6.45) is 0.